The molecule has 0 saturated carbocycles. The molecule has 2 saturated heterocycles. The summed E-state index contributed by atoms with van der Waals surface area (Å²) in [5, 5.41) is 13.8. The molecule has 2 aromatic heterocycles. The van der Waals surface area contributed by atoms with Gasteiger partial charge in [0.2, 0.25) is 5.78 Å². The van der Waals surface area contributed by atoms with Gasteiger partial charge in [0.1, 0.15) is 18.8 Å². The molecule has 4 rings (SSSR count). The van der Waals surface area contributed by atoms with Crippen molar-refractivity contribution >= 4 is 23.4 Å². The molecule has 0 aliphatic carbocycles. The third kappa shape index (κ3) is 4.71. The number of ether oxygens (including phenoxy) is 2. The zero-order chi connectivity index (χ0) is 25.1. The van der Waals surface area contributed by atoms with E-state index in [4.69, 9.17) is 9.47 Å². The van der Waals surface area contributed by atoms with E-state index in [-0.39, 0.29) is 16.8 Å². The van der Waals surface area contributed by atoms with Crippen LogP contribution in [-0.4, -0.2) is 79.0 Å². The minimum absolute atomic E-state index is 0.110. The molecule has 1 unspecified atom stereocenters. The summed E-state index contributed by atoms with van der Waals surface area (Å²) in [6, 6.07) is 2.60. The van der Waals surface area contributed by atoms with Gasteiger partial charge in [0.05, 0.1) is 32.9 Å². The van der Waals surface area contributed by atoms with Crippen LogP contribution in [0.15, 0.2) is 30.1 Å². The number of nitrogens with one attached hydrogen (secondary N) is 2. The lowest BCUT2D eigenvalue weighted by Gasteiger charge is -2.29. The van der Waals surface area contributed by atoms with E-state index >= 15 is 0 Å². The number of pyridine rings is 1. The summed E-state index contributed by atoms with van der Waals surface area (Å²) in [5.41, 5.74) is 1.71. The standard InChI is InChI=1S/C25H30N4O6/c1-15-18(16(2)27-20(15)25(33)34-3)22(30)19-21(17-5-7-26-8-6-17)29(24(32)23(19)31)10-4-9-28-11-13-35-14-12-28/h5-8,21,27,30H,4,9-14H2,1-3H3. The van der Waals surface area contributed by atoms with Crippen molar-refractivity contribution in [1.29, 1.82) is 0 Å². The third-order valence-electron chi connectivity index (χ3n) is 6.73. The van der Waals surface area contributed by atoms with E-state index in [1.165, 1.54) is 16.9 Å². The highest BCUT2D eigenvalue weighted by atomic mass is 16.5. The van der Waals surface area contributed by atoms with Gasteiger partial charge in [0.25, 0.3) is 5.91 Å². The third-order valence-corrected chi connectivity index (χ3v) is 6.73. The van der Waals surface area contributed by atoms with Crippen LogP contribution in [-0.2, 0) is 19.1 Å². The number of ketones is 1. The van der Waals surface area contributed by atoms with Gasteiger partial charge in [0.15, 0.2) is 0 Å². The highest BCUT2D eigenvalue weighted by molar-refractivity contribution is 6.46. The summed E-state index contributed by atoms with van der Waals surface area (Å²) < 4.78 is 10.2. The maximum absolute atomic E-state index is 13.8. The van der Waals surface area contributed by atoms with Crippen molar-refractivity contribution in [2.45, 2.75) is 26.3 Å². The summed E-state index contributed by atoms with van der Waals surface area (Å²) in [4.78, 5) is 48.3. The van der Waals surface area contributed by atoms with Gasteiger partial charge >= 0.3 is 5.97 Å². The van der Waals surface area contributed by atoms with E-state index in [0.717, 1.165) is 19.6 Å². The number of esters is 1. The molecule has 2 N–H and O–H groups in total. The van der Waals surface area contributed by atoms with Crippen molar-refractivity contribution in [2.75, 3.05) is 46.5 Å². The smallest absolute Gasteiger partial charge is 0.354 e. The van der Waals surface area contributed by atoms with Crippen LogP contribution in [0.4, 0.5) is 0 Å². The van der Waals surface area contributed by atoms with Crippen LogP contribution in [0.2, 0.25) is 0 Å². The summed E-state index contributed by atoms with van der Waals surface area (Å²) in [6.45, 7) is 7.70. The van der Waals surface area contributed by atoms with Gasteiger partial charge in [-0.15, -0.1) is 0 Å². The quantitative estimate of drug-likeness (QED) is 0.232. The molecule has 35 heavy (non-hydrogen) atoms. The highest BCUT2D eigenvalue weighted by Gasteiger charge is 2.44. The van der Waals surface area contributed by atoms with Gasteiger partial charge in [-0.1, -0.05) is 5.76 Å². The number of aromatic nitrogens is 2. The average molecular weight is 483 g/mol. The largest absolute Gasteiger partial charge is 0.872 e. The number of morpholine rings is 1. The second kappa shape index (κ2) is 10.4. The first-order valence-corrected chi connectivity index (χ1v) is 11.7. The van der Waals surface area contributed by atoms with Crippen LogP contribution >= 0.6 is 0 Å². The van der Waals surface area contributed by atoms with Gasteiger partial charge in [-0.05, 0) is 42.7 Å². The minimum Gasteiger partial charge on any atom is -0.872 e. The Balaban J connectivity index is 1.72. The Morgan fingerprint density at radius 3 is 2.60 bits per heavy atom. The molecular formula is C25H30N4O6. The lowest BCUT2D eigenvalue weighted by atomic mass is 9.94. The predicted molar refractivity (Wildman–Crippen MR) is 123 cm³/mol. The number of methoxy groups -OCH3 is 1. The Bertz CT molecular complexity index is 1150. The summed E-state index contributed by atoms with van der Waals surface area (Å²) in [7, 11) is 1.25. The van der Waals surface area contributed by atoms with Crippen LogP contribution in [0.1, 0.15) is 45.3 Å². The van der Waals surface area contributed by atoms with E-state index in [9.17, 15) is 19.5 Å². The SMILES string of the molecule is COC(=O)c1[nH]c(C)c(C([O-])=C2C(=O)C(=O)N(CCC[NH+]3CCOCC3)C2c2ccncc2)c1C. The Labute approximate surface area is 203 Å². The first-order chi connectivity index (χ1) is 16.8. The fourth-order valence-corrected chi connectivity index (χ4v) is 4.93. The number of amides is 1. The first-order valence-electron chi connectivity index (χ1n) is 11.7. The van der Waals surface area contributed by atoms with Crippen LogP contribution in [0.25, 0.3) is 5.76 Å². The van der Waals surface area contributed by atoms with E-state index in [2.05, 4.69) is 9.97 Å². The number of H-pyrrole nitrogens is 1. The van der Waals surface area contributed by atoms with E-state index in [1.54, 1.807) is 38.4 Å². The summed E-state index contributed by atoms with van der Waals surface area (Å²) in [5.74, 6) is -2.67. The molecule has 4 heterocycles. The number of nitrogens with zero attached hydrogens (tertiary/aromatic N) is 2. The monoisotopic (exact) mass is 482 g/mol. The average Bonchev–Trinajstić information content (AvgIpc) is 3.31. The first kappa shape index (κ1) is 24.6. The second-order valence-corrected chi connectivity index (χ2v) is 8.84. The Kier molecular flexibility index (Phi) is 7.32. The van der Waals surface area contributed by atoms with Crippen LogP contribution in [0.3, 0.4) is 0 Å². The van der Waals surface area contributed by atoms with Crippen LogP contribution in [0.5, 0.6) is 0 Å². The molecule has 0 radical (unpaired) electrons. The van der Waals surface area contributed by atoms with Crippen LogP contribution in [0, 0.1) is 13.8 Å². The molecule has 0 spiro atoms. The molecule has 10 nitrogen and oxygen atoms in total. The van der Waals surface area contributed by atoms with Gasteiger partial charge in [0, 0.05) is 36.6 Å². The number of carbonyl (C=O) groups is 3. The van der Waals surface area contributed by atoms with Crippen molar-refractivity contribution < 1.29 is 33.9 Å². The number of carbonyl (C=O) groups excluding carboxylic acids is 3. The van der Waals surface area contributed by atoms with Crippen molar-refractivity contribution in [3.8, 4) is 0 Å². The number of likely N-dealkylation sites (tertiary alicyclic amines) is 1. The maximum Gasteiger partial charge on any atom is 0.354 e. The summed E-state index contributed by atoms with van der Waals surface area (Å²) in [6.07, 6.45) is 3.83. The molecule has 2 fully saturated rings. The Hall–Kier alpha value is -3.50. The Morgan fingerprint density at radius 1 is 1.26 bits per heavy atom. The highest BCUT2D eigenvalue weighted by Crippen LogP contribution is 2.39. The van der Waals surface area contributed by atoms with Gasteiger partial charge in [-0.2, -0.15) is 0 Å². The normalized spacial score (nSPS) is 20.4. The van der Waals surface area contributed by atoms with Crippen molar-refractivity contribution in [3.05, 3.63) is 58.2 Å². The van der Waals surface area contributed by atoms with Gasteiger partial charge in [-0.3, -0.25) is 14.6 Å². The number of rotatable bonds is 7. The lowest BCUT2D eigenvalue weighted by Crippen LogP contribution is -3.14. The van der Waals surface area contributed by atoms with Crippen molar-refractivity contribution in [3.63, 3.8) is 0 Å². The molecular weight excluding hydrogens is 452 g/mol. The molecule has 2 aliphatic heterocycles. The number of aromatic amines is 1. The zero-order valence-corrected chi connectivity index (χ0v) is 20.2. The topological polar surface area (TPSA) is 129 Å². The molecule has 1 amide bonds. The summed E-state index contributed by atoms with van der Waals surface area (Å²) >= 11 is 0. The van der Waals surface area contributed by atoms with Crippen molar-refractivity contribution in [1.82, 2.24) is 14.9 Å². The van der Waals surface area contributed by atoms with Crippen LogP contribution < -0.4 is 10.0 Å². The molecule has 2 aliphatic rings. The number of hydrogen-bond acceptors (Lipinski definition) is 7. The number of aryl methyl sites for hydroxylation is 1. The molecule has 0 bridgehead atoms. The van der Waals surface area contributed by atoms with Gasteiger partial charge in [-0.25, -0.2) is 4.79 Å². The number of quaternary nitrogens is 1. The number of hydrogen-bond donors (Lipinski definition) is 2. The minimum atomic E-state index is -0.819. The Morgan fingerprint density at radius 2 is 1.94 bits per heavy atom. The van der Waals surface area contributed by atoms with Crippen molar-refractivity contribution in [2.24, 2.45) is 0 Å². The molecule has 186 valence electrons. The predicted octanol–water partition coefficient (Wildman–Crippen LogP) is -0.658. The number of Topliss-reactive ketones (excluding diaryl/α,β-unsaturated/α-hetero) is 1. The maximum atomic E-state index is 13.8. The fourth-order valence-electron chi connectivity index (χ4n) is 4.93. The van der Waals surface area contributed by atoms with Gasteiger partial charge < -0.3 is 29.4 Å². The second-order valence-electron chi connectivity index (χ2n) is 8.84. The lowest BCUT2D eigenvalue weighted by molar-refractivity contribution is -0.908. The molecule has 0 aromatic carbocycles. The van der Waals surface area contributed by atoms with E-state index < -0.39 is 29.5 Å². The zero-order valence-electron chi connectivity index (χ0n) is 20.2. The molecule has 10 heteroatoms. The van der Waals surface area contributed by atoms with E-state index in [1.807, 2.05) is 0 Å². The van der Waals surface area contributed by atoms with E-state index in [0.29, 0.717) is 43.0 Å². The molecule has 2 aromatic rings. The molecule has 1 atom stereocenters. The fraction of sp³-hybridized carbons (Fsp3) is 0.440.